The number of hydrogen-bond acceptors (Lipinski definition) is 5. The van der Waals surface area contributed by atoms with Gasteiger partial charge in [0.1, 0.15) is 11.3 Å². The van der Waals surface area contributed by atoms with Gasteiger partial charge in [0.25, 0.3) is 5.91 Å². The number of nitrogens with zero attached hydrogens (tertiary/aromatic N) is 3. The van der Waals surface area contributed by atoms with E-state index in [1.807, 2.05) is 36.1 Å². The van der Waals surface area contributed by atoms with Crippen LogP contribution in [0.4, 0.5) is 0 Å². The highest BCUT2D eigenvalue weighted by atomic mass is 16.5. The van der Waals surface area contributed by atoms with E-state index in [-0.39, 0.29) is 5.91 Å². The first-order valence-corrected chi connectivity index (χ1v) is 11.4. The van der Waals surface area contributed by atoms with Gasteiger partial charge in [-0.15, -0.1) is 0 Å². The third-order valence-electron chi connectivity index (χ3n) is 6.15. The number of ether oxygens (including phenoxy) is 1. The number of fused-ring (bicyclic) bond motifs is 1. The number of morpholine rings is 1. The second-order valence-electron chi connectivity index (χ2n) is 8.50. The van der Waals surface area contributed by atoms with Crippen LogP contribution in [0.1, 0.15) is 33.1 Å². The third kappa shape index (κ3) is 4.66. The van der Waals surface area contributed by atoms with Crippen molar-refractivity contribution in [2.24, 2.45) is 0 Å². The molecule has 168 valence electrons. The van der Waals surface area contributed by atoms with Crippen LogP contribution in [0.15, 0.2) is 59.1 Å². The van der Waals surface area contributed by atoms with Crippen LogP contribution < -0.4 is 0 Å². The van der Waals surface area contributed by atoms with Gasteiger partial charge in [0, 0.05) is 48.0 Å². The number of carbonyl (C=O) groups excluding carboxylic acids is 1. The molecule has 1 aliphatic heterocycles. The van der Waals surface area contributed by atoms with Gasteiger partial charge in [-0.1, -0.05) is 6.07 Å². The number of aromatic nitrogens is 2. The minimum absolute atomic E-state index is 0.00583. The van der Waals surface area contributed by atoms with Crippen molar-refractivity contribution < 1.29 is 13.9 Å². The number of amides is 1. The SMILES string of the molecule is Cc1ccc(CCc2cc3cc(-c4ccc(C(=O)N5CCOCC5)cn4)ccc3o2)c(C)n1. The van der Waals surface area contributed by atoms with Gasteiger partial charge in [-0.25, -0.2) is 0 Å². The summed E-state index contributed by atoms with van der Waals surface area (Å²) >= 11 is 0. The van der Waals surface area contributed by atoms with Crippen LogP contribution in [-0.4, -0.2) is 47.1 Å². The maximum atomic E-state index is 12.6. The smallest absolute Gasteiger partial charge is 0.255 e. The van der Waals surface area contributed by atoms with E-state index in [9.17, 15) is 4.79 Å². The molecular weight excluding hydrogens is 414 g/mol. The van der Waals surface area contributed by atoms with E-state index in [4.69, 9.17) is 9.15 Å². The molecule has 1 aliphatic rings. The van der Waals surface area contributed by atoms with E-state index in [1.165, 1.54) is 5.56 Å². The molecule has 0 atom stereocenters. The van der Waals surface area contributed by atoms with Gasteiger partial charge < -0.3 is 14.1 Å². The van der Waals surface area contributed by atoms with Gasteiger partial charge >= 0.3 is 0 Å². The number of benzene rings is 1. The van der Waals surface area contributed by atoms with Crippen molar-refractivity contribution in [3.8, 4) is 11.3 Å². The van der Waals surface area contributed by atoms with Crippen LogP contribution in [0.2, 0.25) is 0 Å². The molecule has 0 bridgehead atoms. The van der Waals surface area contributed by atoms with Crippen LogP contribution in [-0.2, 0) is 17.6 Å². The second kappa shape index (κ2) is 9.16. The maximum Gasteiger partial charge on any atom is 0.255 e. The van der Waals surface area contributed by atoms with E-state index < -0.39 is 0 Å². The fourth-order valence-corrected chi connectivity index (χ4v) is 4.26. The number of aryl methyl sites for hydroxylation is 4. The van der Waals surface area contributed by atoms with Crippen LogP contribution in [0.3, 0.4) is 0 Å². The van der Waals surface area contributed by atoms with E-state index in [0.717, 1.165) is 52.2 Å². The van der Waals surface area contributed by atoms with Crippen LogP contribution in [0.25, 0.3) is 22.2 Å². The molecule has 0 spiro atoms. The largest absolute Gasteiger partial charge is 0.461 e. The monoisotopic (exact) mass is 441 g/mol. The first kappa shape index (κ1) is 21.3. The predicted octanol–water partition coefficient (Wildman–Crippen LogP) is 4.76. The normalized spacial score (nSPS) is 14.1. The number of pyridine rings is 2. The highest BCUT2D eigenvalue weighted by Gasteiger charge is 2.19. The van der Waals surface area contributed by atoms with Crippen molar-refractivity contribution in [3.63, 3.8) is 0 Å². The maximum absolute atomic E-state index is 12.6. The van der Waals surface area contributed by atoms with E-state index in [0.29, 0.717) is 31.9 Å². The topological polar surface area (TPSA) is 68.5 Å². The molecule has 0 aliphatic carbocycles. The third-order valence-corrected chi connectivity index (χ3v) is 6.15. The zero-order valence-electron chi connectivity index (χ0n) is 19.0. The first-order valence-electron chi connectivity index (χ1n) is 11.4. The summed E-state index contributed by atoms with van der Waals surface area (Å²) in [5.41, 5.74) is 6.67. The Balaban J connectivity index is 1.30. The molecule has 6 nitrogen and oxygen atoms in total. The molecule has 0 N–H and O–H groups in total. The zero-order valence-corrected chi connectivity index (χ0v) is 19.0. The summed E-state index contributed by atoms with van der Waals surface area (Å²) in [6.07, 6.45) is 3.38. The molecule has 0 radical (unpaired) electrons. The fourth-order valence-electron chi connectivity index (χ4n) is 4.26. The molecule has 1 fully saturated rings. The summed E-state index contributed by atoms with van der Waals surface area (Å²) in [6, 6.07) is 16.2. The molecular formula is C27H27N3O3. The molecule has 3 aromatic heterocycles. The number of hydrogen-bond donors (Lipinski definition) is 0. The standard InChI is InChI=1S/C27H27N3O3/c1-18-3-4-20(19(2)29-18)5-8-24-16-23-15-21(7-10-26(23)33-24)25-9-6-22(17-28-25)27(31)30-11-13-32-14-12-30/h3-4,6-7,9-10,15-17H,5,8,11-14H2,1-2H3. The molecule has 6 heteroatoms. The molecule has 1 saturated heterocycles. The van der Waals surface area contributed by atoms with Gasteiger partial charge in [0.15, 0.2) is 0 Å². The molecule has 4 heterocycles. The quantitative estimate of drug-likeness (QED) is 0.446. The summed E-state index contributed by atoms with van der Waals surface area (Å²) in [5, 5.41) is 1.05. The Labute approximate surface area is 193 Å². The van der Waals surface area contributed by atoms with Gasteiger partial charge in [-0.05, 0) is 68.3 Å². The number of rotatable bonds is 5. The summed E-state index contributed by atoms with van der Waals surface area (Å²) in [7, 11) is 0. The Kier molecular flexibility index (Phi) is 5.92. The Morgan fingerprint density at radius 3 is 2.61 bits per heavy atom. The summed E-state index contributed by atoms with van der Waals surface area (Å²) in [6.45, 7) is 6.50. The summed E-state index contributed by atoms with van der Waals surface area (Å²) in [4.78, 5) is 23.6. The molecule has 33 heavy (non-hydrogen) atoms. The minimum atomic E-state index is 0.00583. The number of carbonyl (C=O) groups is 1. The highest BCUT2D eigenvalue weighted by molar-refractivity contribution is 5.94. The van der Waals surface area contributed by atoms with Crippen molar-refractivity contribution in [1.82, 2.24) is 14.9 Å². The molecule has 0 saturated carbocycles. The predicted molar refractivity (Wildman–Crippen MR) is 127 cm³/mol. The Morgan fingerprint density at radius 1 is 1.00 bits per heavy atom. The molecule has 0 unspecified atom stereocenters. The molecule has 5 rings (SSSR count). The van der Waals surface area contributed by atoms with Crippen LogP contribution >= 0.6 is 0 Å². The average molecular weight is 442 g/mol. The lowest BCUT2D eigenvalue weighted by atomic mass is 10.1. The highest BCUT2D eigenvalue weighted by Crippen LogP contribution is 2.27. The lowest BCUT2D eigenvalue weighted by molar-refractivity contribution is 0.0302. The van der Waals surface area contributed by atoms with E-state index in [1.54, 1.807) is 6.20 Å². The first-order chi connectivity index (χ1) is 16.1. The summed E-state index contributed by atoms with van der Waals surface area (Å²) < 4.78 is 11.4. The fraction of sp³-hybridized carbons (Fsp3) is 0.296. The second-order valence-corrected chi connectivity index (χ2v) is 8.50. The van der Waals surface area contributed by atoms with Crippen molar-refractivity contribution in [2.45, 2.75) is 26.7 Å². The van der Waals surface area contributed by atoms with Crippen molar-refractivity contribution in [2.75, 3.05) is 26.3 Å². The Hall–Kier alpha value is -3.51. The van der Waals surface area contributed by atoms with Crippen molar-refractivity contribution in [3.05, 3.63) is 83.0 Å². The molecule has 4 aromatic rings. The summed E-state index contributed by atoms with van der Waals surface area (Å²) in [5.74, 6) is 0.966. The molecule has 1 amide bonds. The van der Waals surface area contributed by atoms with Crippen molar-refractivity contribution in [1.29, 1.82) is 0 Å². The van der Waals surface area contributed by atoms with Crippen molar-refractivity contribution >= 4 is 16.9 Å². The lowest BCUT2D eigenvalue weighted by Crippen LogP contribution is -2.40. The Morgan fingerprint density at radius 2 is 1.85 bits per heavy atom. The number of furan rings is 1. The minimum Gasteiger partial charge on any atom is -0.461 e. The molecule has 1 aromatic carbocycles. The van der Waals surface area contributed by atoms with Crippen LogP contribution in [0, 0.1) is 13.8 Å². The van der Waals surface area contributed by atoms with Gasteiger partial charge in [-0.2, -0.15) is 0 Å². The average Bonchev–Trinajstić information content (AvgIpc) is 3.26. The van der Waals surface area contributed by atoms with Gasteiger partial charge in [0.05, 0.1) is 24.5 Å². The van der Waals surface area contributed by atoms with E-state index >= 15 is 0 Å². The lowest BCUT2D eigenvalue weighted by Gasteiger charge is -2.26. The Bertz CT molecular complexity index is 1290. The zero-order chi connectivity index (χ0) is 22.8. The van der Waals surface area contributed by atoms with Crippen LogP contribution in [0.5, 0.6) is 0 Å². The van der Waals surface area contributed by atoms with E-state index in [2.05, 4.69) is 41.2 Å². The van der Waals surface area contributed by atoms with Gasteiger partial charge in [-0.3, -0.25) is 14.8 Å². The van der Waals surface area contributed by atoms with Gasteiger partial charge in [0.2, 0.25) is 0 Å².